The SMILES string of the molecule is C[C@H]1CC[C@H](Oc2c(OCc3ccccc3)c3ccc(O[C@H]4O[C@H](COC(=O)c5ccccc5)[C@@H](OC(=O)c5ccccc5)[C@H](OC(=O)c5ccccc5)[C@@H]4OC(=O)c4ccccc4)cc3oc2=O)CC1. The molecule has 1 saturated carbocycles. The molecule has 6 aromatic carbocycles. The van der Waals surface area contributed by atoms with E-state index in [0.29, 0.717) is 11.3 Å². The molecule has 1 aliphatic heterocycles. The number of carbonyl (C=O) groups is 4. The van der Waals surface area contributed by atoms with E-state index in [2.05, 4.69) is 6.92 Å². The highest BCUT2D eigenvalue weighted by Gasteiger charge is 2.54. The Labute approximate surface area is 408 Å². The van der Waals surface area contributed by atoms with Gasteiger partial charge in [0.1, 0.15) is 30.7 Å². The van der Waals surface area contributed by atoms with Gasteiger partial charge in [0, 0.05) is 6.07 Å². The fourth-order valence-corrected chi connectivity index (χ4v) is 8.45. The van der Waals surface area contributed by atoms with Crippen molar-refractivity contribution in [3.63, 3.8) is 0 Å². The summed E-state index contributed by atoms with van der Waals surface area (Å²) in [5.74, 6) is -2.57. The fourth-order valence-electron chi connectivity index (χ4n) is 8.45. The van der Waals surface area contributed by atoms with Crippen LogP contribution in [0.15, 0.2) is 179 Å². The number of hydrogen-bond acceptors (Lipinski definition) is 14. The van der Waals surface area contributed by atoms with Crippen LogP contribution < -0.4 is 19.8 Å². The average Bonchev–Trinajstić information content (AvgIpc) is 3.41. The van der Waals surface area contributed by atoms with Gasteiger partial charge in [-0.05, 0) is 97.8 Å². The molecule has 71 heavy (non-hydrogen) atoms. The van der Waals surface area contributed by atoms with Crippen molar-refractivity contribution in [1.29, 1.82) is 0 Å². The predicted molar refractivity (Wildman–Crippen MR) is 258 cm³/mol. The maximum absolute atomic E-state index is 14.1. The monoisotopic (exact) mass is 958 g/mol. The van der Waals surface area contributed by atoms with E-state index in [4.69, 9.17) is 42.3 Å². The van der Waals surface area contributed by atoms with Crippen LogP contribution in [-0.4, -0.2) is 67.3 Å². The first kappa shape index (κ1) is 47.8. The molecule has 362 valence electrons. The number of carbonyl (C=O) groups excluding carboxylic acids is 4. The molecule has 7 aromatic rings. The summed E-state index contributed by atoms with van der Waals surface area (Å²) in [6.07, 6.45) is -4.79. The Kier molecular flexibility index (Phi) is 15.1. The molecule has 0 unspecified atom stereocenters. The summed E-state index contributed by atoms with van der Waals surface area (Å²) in [5, 5.41) is 0.400. The number of fused-ring (bicyclic) bond motifs is 1. The van der Waals surface area contributed by atoms with Crippen LogP contribution in [0.25, 0.3) is 11.0 Å². The van der Waals surface area contributed by atoms with E-state index in [9.17, 15) is 24.0 Å². The highest BCUT2D eigenvalue weighted by molar-refractivity contribution is 5.92. The third kappa shape index (κ3) is 11.8. The lowest BCUT2D eigenvalue weighted by Crippen LogP contribution is -2.63. The fraction of sp³-hybridized carbons (Fsp3) is 0.246. The lowest BCUT2D eigenvalue weighted by Gasteiger charge is -2.44. The van der Waals surface area contributed by atoms with Crippen LogP contribution in [0.3, 0.4) is 0 Å². The maximum Gasteiger partial charge on any atom is 0.383 e. The molecular formula is C57H50O14. The van der Waals surface area contributed by atoms with Crippen LogP contribution in [0.2, 0.25) is 0 Å². The van der Waals surface area contributed by atoms with Gasteiger partial charge in [-0.15, -0.1) is 0 Å². The third-order valence-corrected chi connectivity index (χ3v) is 12.3. The first-order valence-corrected chi connectivity index (χ1v) is 23.4. The molecular weight excluding hydrogens is 909 g/mol. The minimum Gasteiger partial charge on any atom is -0.484 e. The summed E-state index contributed by atoms with van der Waals surface area (Å²) in [6.45, 7) is 1.76. The highest BCUT2D eigenvalue weighted by Crippen LogP contribution is 2.39. The number of rotatable bonds is 16. The molecule has 1 aromatic heterocycles. The second-order valence-electron chi connectivity index (χ2n) is 17.3. The minimum absolute atomic E-state index is 0.0442. The van der Waals surface area contributed by atoms with E-state index < -0.39 is 66.8 Å². The molecule has 14 nitrogen and oxygen atoms in total. The Morgan fingerprint density at radius 3 is 1.58 bits per heavy atom. The first-order valence-electron chi connectivity index (χ1n) is 23.4. The zero-order valence-electron chi connectivity index (χ0n) is 38.7. The first-order chi connectivity index (χ1) is 34.7. The summed E-state index contributed by atoms with van der Waals surface area (Å²) < 4.78 is 56.2. The predicted octanol–water partition coefficient (Wildman–Crippen LogP) is 9.97. The van der Waals surface area contributed by atoms with Gasteiger partial charge < -0.3 is 42.3 Å². The second-order valence-corrected chi connectivity index (χ2v) is 17.3. The molecule has 1 saturated heterocycles. The smallest absolute Gasteiger partial charge is 0.383 e. The van der Waals surface area contributed by atoms with E-state index in [1.807, 2.05) is 30.3 Å². The second kappa shape index (κ2) is 22.5. The Bertz CT molecular complexity index is 2980. The number of benzene rings is 6. The van der Waals surface area contributed by atoms with Gasteiger partial charge in [-0.1, -0.05) is 110 Å². The molecule has 0 spiro atoms. The number of hydrogen-bond donors (Lipinski definition) is 0. The van der Waals surface area contributed by atoms with Crippen LogP contribution in [0.1, 0.15) is 79.6 Å². The van der Waals surface area contributed by atoms with Crippen molar-refractivity contribution in [3.05, 3.63) is 208 Å². The Hall–Kier alpha value is -8.23. The van der Waals surface area contributed by atoms with E-state index in [0.717, 1.165) is 31.2 Å². The van der Waals surface area contributed by atoms with Gasteiger partial charge in [0.25, 0.3) is 0 Å². The van der Waals surface area contributed by atoms with Crippen molar-refractivity contribution in [2.24, 2.45) is 5.92 Å². The lowest BCUT2D eigenvalue weighted by molar-refractivity contribution is -0.275. The molecule has 0 radical (unpaired) electrons. The van der Waals surface area contributed by atoms with E-state index in [1.54, 1.807) is 97.1 Å². The normalized spacial score (nSPS) is 20.7. The highest BCUT2D eigenvalue weighted by atomic mass is 16.7. The van der Waals surface area contributed by atoms with Crippen molar-refractivity contribution < 1.29 is 61.5 Å². The standard InChI is InChI=1S/C57H50O14/c1-36-27-29-42(30-28-36)65-50-47(63-34-37-17-7-2-8-18-37)44-32-31-43(33-45(44)67-56(50)62)66-57-51(71-55(61)41-25-15-6-16-26-41)49(70-54(60)40-23-13-5-14-24-40)48(69-53(59)39-21-11-4-12-22-39)46(68-57)35-64-52(58)38-19-9-3-10-20-38/h2-26,31-33,36,42,46,48-49,51,57H,27-30,34-35H2,1H3/t36-,42-,46-,48-,49+,51+,57+/m1/s1. The maximum atomic E-state index is 14.1. The molecule has 2 fully saturated rings. The van der Waals surface area contributed by atoms with Gasteiger partial charge >= 0.3 is 29.5 Å². The van der Waals surface area contributed by atoms with Crippen molar-refractivity contribution in [2.75, 3.05) is 6.61 Å². The molecule has 9 rings (SSSR count). The molecule has 0 amide bonds. The lowest BCUT2D eigenvalue weighted by atomic mass is 9.89. The Morgan fingerprint density at radius 1 is 0.535 bits per heavy atom. The van der Waals surface area contributed by atoms with E-state index >= 15 is 0 Å². The Morgan fingerprint density at radius 2 is 1.03 bits per heavy atom. The third-order valence-electron chi connectivity index (χ3n) is 12.3. The molecule has 1 aliphatic carbocycles. The van der Waals surface area contributed by atoms with Gasteiger partial charge in [-0.25, -0.2) is 24.0 Å². The molecule has 2 aliphatic rings. The molecule has 5 atom stereocenters. The van der Waals surface area contributed by atoms with Crippen LogP contribution in [0.4, 0.5) is 0 Å². The average molecular weight is 959 g/mol. The van der Waals surface area contributed by atoms with Crippen LogP contribution in [0.5, 0.6) is 17.2 Å². The largest absolute Gasteiger partial charge is 0.484 e. The quantitative estimate of drug-likeness (QED) is 0.0509. The van der Waals surface area contributed by atoms with Crippen LogP contribution in [-0.2, 0) is 30.3 Å². The number of esters is 4. The molecule has 0 N–H and O–H groups in total. The summed E-state index contributed by atoms with van der Waals surface area (Å²) in [5.41, 5.74) is 0.774. The van der Waals surface area contributed by atoms with Crippen molar-refractivity contribution in [1.82, 2.24) is 0 Å². The van der Waals surface area contributed by atoms with E-state index in [-0.39, 0.29) is 57.8 Å². The minimum atomic E-state index is -1.67. The van der Waals surface area contributed by atoms with Crippen molar-refractivity contribution in [2.45, 2.75) is 76.0 Å². The summed E-state index contributed by atoms with van der Waals surface area (Å²) >= 11 is 0. The summed E-state index contributed by atoms with van der Waals surface area (Å²) in [6, 6.07) is 46.5. The van der Waals surface area contributed by atoms with Gasteiger partial charge in [0.2, 0.25) is 18.1 Å². The van der Waals surface area contributed by atoms with Gasteiger partial charge in [0.15, 0.2) is 18.0 Å². The van der Waals surface area contributed by atoms with Gasteiger partial charge in [-0.3, -0.25) is 0 Å². The van der Waals surface area contributed by atoms with E-state index in [1.165, 1.54) is 42.5 Å². The Balaban J connectivity index is 1.12. The topological polar surface area (TPSA) is 172 Å². The zero-order valence-corrected chi connectivity index (χ0v) is 38.7. The van der Waals surface area contributed by atoms with Crippen molar-refractivity contribution in [3.8, 4) is 17.2 Å². The van der Waals surface area contributed by atoms with Gasteiger partial charge in [-0.2, -0.15) is 0 Å². The molecule has 14 heteroatoms. The summed E-state index contributed by atoms with van der Waals surface area (Å²) in [7, 11) is 0. The van der Waals surface area contributed by atoms with Gasteiger partial charge in [0.05, 0.1) is 33.7 Å². The van der Waals surface area contributed by atoms with Crippen LogP contribution in [0, 0.1) is 5.92 Å². The number of ether oxygens (including phenoxy) is 8. The molecule has 2 heterocycles. The zero-order chi connectivity index (χ0) is 49.1. The molecule has 0 bridgehead atoms. The van der Waals surface area contributed by atoms with Crippen molar-refractivity contribution >= 4 is 34.8 Å². The summed E-state index contributed by atoms with van der Waals surface area (Å²) in [4.78, 5) is 69.6. The van der Waals surface area contributed by atoms with Crippen LogP contribution >= 0.6 is 0 Å².